The van der Waals surface area contributed by atoms with Crippen LogP contribution in [0.4, 0.5) is 4.39 Å². The van der Waals surface area contributed by atoms with Crippen LogP contribution in [0.15, 0.2) is 18.2 Å². The van der Waals surface area contributed by atoms with Gasteiger partial charge in [-0.15, -0.1) is 0 Å². The van der Waals surface area contributed by atoms with Crippen LogP contribution in [-0.4, -0.2) is 23.4 Å². The highest BCUT2D eigenvalue weighted by atomic mass is 35.5. The van der Waals surface area contributed by atoms with Crippen molar-refractivity contribution in [1.82, 2.24) is 4.90 Å². The molecular formula is C14H18ClFN2O. The van der Waals surface area contributed by atoms with Gasteiger partial charge in [-0.05, 0) is 24.1 Å². The monoisotopic (exact) mass is 284 g/mol. The zero-order valence-electron chi connectivity index (χ0n) is 11.1. The minimum atomic E-state index is -0.423. The molecule has 2 unspecified atom stereocenters. The molecule has 1 fully saturated rings. The molecule has 2 atom stereocenters. The van der Waals surface area contributed by atoms with E-state index in [1.54, 1.807) is 11.0 Å². The van der Waals surface area contributed by atoms with Crippen molar-refractivity contribution in [2.75, 3.05) is 6.54 Å². The van der Waals surface area contributed by atoms with Gasteiger partial charge in [0.1, 0.15) is 5.82 Å². The van der Waals surface area contributed by atoms with Crippen LogP contribution >= 0.6 is 11.6 Å². The number of likely N-dealkylation sites (tertiary alicyclic amines) is 1. The van der Waals surface area contributed by atoms with E-state index >= 15 is 0 Å². The molecule has 1 aromatic rings. The molecule has 0 spiro atoms. The number of nitrogens with zero attached hydrogens (tertiary/aromatic N) is 1. The van der Waals surface area contributed by atoms with E-state index in [9.17, 15) is 9.18 Å². The summed E-state index contributed by atoms with van der Waals surface area (Å²) in [6.45, 7) is 4.61. The minimum absolute atomic E-state index is 0.0226. The maximum atomic E-state index is 14.0. The summed E-state index contributed by atoms with van der Waals surface area (Å²) in [5.41, 5.74) is 6.42. The lowest BCUT2D eigenvalue weighted by molar-refractivity contribution is -0.129. The van der Waals surface area contributed by atoms with Crippen molar-refractivity contribution in [3.05, 3.63) is 34.6 Å². The van der Waals surface area contributed by atoms with E-state index in [1.165, 1.54) is 12.1 Å². The number of halogens is 2. The maximum Gasteiger partial charge on any atom is 0.224 e. The molecule has 0 radical (unpaired) electrons. The van der Waals surface area contributed by atoms with Crippen LogP contribution in [0, 0.1) is 11.7 Å². The van der Waals surface area contributed by atoms with Gasteiger partial charge in [-0.3, -0.25) is 4.79 Å². The standard InChI is InChI=1S/C14H18ClFN2O/c1-8(2)7-18-13(19)6-12(17)14(18)10-5-9(15)3-4-11(10)16/h3-5,8,12,14H,6-7,17H2,1-2H3. The Hall–Kier alpha value is -1.13. The Labute approximate surface area is 117 Å². The molecule has 19 heavy (non-hydrogen) atoms. The lowest BCUT2D eigenvalue weighted by Crippen LogP contribution is -2.36. The van der Waals surface area contributed by atoms with Gasteiger partial charge in [0.05, 0.1) is 6.04 Å². The molecule has 5 heteroatoms. The molecule has 0 aromatic heterocycles. The molecule has 3 nitrogen and oxygen atoms in total. The summed E-state index contributed by atoms with van der Waals surface area (Å²) in [6, 6.07) is 3.57. The predicted molar refractivity (Wildman–Crippen MR) is 73.3 cm³/mol. The summed E-state index contributed by atoms with van der Waals surface area (Å²) >= 11 is 5.92. The van der Waals surface area contributed by atoms with Crippen molar-refractivity contribution in [3.8, 4) is 0 Å². The summed E-state index contributed by atoms with van der Waals surface area (Å²) in [6.07, 6.45) is 0.253. The van der Waals surface area contributed by atoms with E-state index in [1.807, 2.05) is 13.8 Å². The number of carbonyl (C=O) groups is 1. The topological polar surface area (TPSA) is 46.3 Å². The third-order valence-corrected chi connectivity index (χ3v) is 3.55. The Morgan fingerprint density at radius 2 is 2.21 bits per heavy atom. The van der Waals surface area contributed by atoms with Gasteiger partial charge in [0, 0.05) is 29.6 Å². The summed E-state index contributed by atoms with van der Waals surface area (Å²) in [5, 5.41) is 0.451. The Balaban J connectivity index is 2.39. The Kier molecular flexibility index (Phi) is 4.11. The minimum Gasteiger partial charge on any atom is -0.334 e. The normalized spacial score (nSPS) is 23.5. The van der Waals surface area contributed by atoms with Crippen molar-refractivity contribution in [2.45, 2.75) is 32.4 Å². The number of hydrogen-bond donors (Lipinski definition) is 1. The fourth-order valence-corrected chi connectivity index (χ4v) is 2.75. The second kappa shape index (κ2) is 5.47. The molecule has 1 aliphatic rings. The van der Waals surface area contributed by atoms with E-state index in [-0.39, 0.29) is 24.2 Å². The summed E-state index contributed by atoms with van der Waals surface area (Å²) in [5.74, 6) is -0.0853. The van der Waals surface area contributed by atoms with Crippen LogP contribution in [-0.2, 0) is 4.79 Å². The van der Waals surface area contributed by atoms with E-state index in [2.05, 4.69) is 0 Å². The van der Waals surface area contributed by atoms with Gasteiger partial charge < -0.3 is 10.6 Å². The summed E-state index contributed by atoms with van der Waals surface area (Å²) < 4.78 is 14.0. The van der Waals surface area contributed by atoms with Gasteiger partial charge >= 0.3 is 0 Å². The first-order chi connectivity index (χ1) is 8.90. The number of hydrogen-bond acceptors (Lipinski definition) is 2. The van der Waals surface area contributed by atoms with Crippen molar-refractivity contribution in [2.24, 2.45) is 11.7 Å². The predicted octanol–water partition coefficient (Wildman–Crippen LogP) is 2.74. The number of benzene rings is 1. The highest BCUT2D eigenvalue weighted by Crippen LogP contribution is 2.35. The zero-order valence-corrected chi connectivity index (χ0v) is 11.8. The quantitative estimate of drug-likeness (QED) is 0.928. The van der Waals surface area contributed by atoms with E-state index in [0.717, 1.165) is 0 Å². The van der Waals surface area contributed by atoms with Crippen LogP contribution in [0.2, 0.25) is 5.02 Å². The smallest absolute Gasteiger partial charge is 0.224 e. The van der Waals surface area contributed by atoms with Crippen molar-refractivity contribution in [1.29, 1.82) is 0 Å². The number of amides is 1. The highest BCUT2D eigenvalue weighted by Gasteiger charge is 2.39. The molecule has 1 heterocycles. The third kappa shape index (κ3) is 2.90. The molecule has 1 aliphatic heterocycles. The number of nitrogens with two attached hydrogens (primary N) is 1. The highest BCUT2D eigenvalue weighted by molar-refractivity contribution is 6.30. The van der Waals surface area contributed by atoms with Crippen molar-refractivity contribution >= 4 is 17.5 Å². The number of rotatable bonds is 3. The Bertz CT molecular complexity index is 492. The molecule has 0 aliphatic carbocycles. The molecule has 1 saturated heterocycles. The van der Waals surface area contributed by atoms with Gasteiger partial charge in [-0.2, -0.15) is 0 Å². The van der Waals surface area contributed by atoms with E-state index in [4.69, 9.17) is 17.3 Å². The maximum absolute atomic E-state index is 14.0. The lowest BCUT2D eigenvalue weighted by atomic mass is 9.99. The second-order valence-corrected chi connectivity index (χ2v) is 5.86. The molecular weight excluding hydrogens is 267 g/mol. The molecule has 1 aromatic carbocycles. The van der Waals surface area contributed by atoms with Crippen LogP contribution in [0.3, 0.4) is 0 Å². The SMILES string of the molecule is CC(C)CN1C(=O)CC(N)C1c1cc(Cl)ccc1F. The summed E-state index contributed by atoms with van der Waals surface area (Å²) in [7, 11) is 0. The first kappa shape index (κ1) is 14.3. The van der Waals surface area contributed by atoms with Crippen molar-refractivity contribution in [3.63, 3.8) is 0 Å². The molecule has 0 bridgehead atoms. The zero-order chi connectivity index (χ0) is 14.2. The van der Waals surface area contributed by atoms with Crippen LogP contribution in [0.25, 0.3) is 0 Å². The van der Waals surface area contributed by atoms with Gasteiger partial charge in [0.15, 0.2) is 0 Å². The number of carbonyl (C=O) groups excluding carboxylic acids is 1. The molecule has 2 rings (SSSR count). The van der Waals surface area contributed by atoms with Crippen molar-refractivity contribution < 1.29 is 9.18 Å². The Morgan fingerprint density at radius 1 is 1.53 bits per heavy atom. The average molecular weight is 285 g/mol. The van der Waals surface area contributed by atoms with Crippen LogP contribution < -0.4 is 5.73 Å². The first-order valence-electron chi connectivity index (χ1n) is 6.40. The molecule has 0 saturated carbocycles. The first-order valence-corrected chi connectivity index (χ1v) is 6.78. The van der Waals surface area contributed by atoms with Gasteiger partial charge in [0.2, 0.25) is 5.91 Å². The fourth-order valence-electron chi connectivity index (χ4n) is 2.57. The summed E-state index contributed by atoms with van der Waals surface area (Å²) in [4.78, 5) is 13.7. The largest absolute Gasteiger partial charge is 0.334 e. The molecule has 1 amide bonds. The average Bonchev–Trinajstić information content (AvgIpc) is 2.57. The van der Waals surface area contributed by atoms with Gasteiger partial charge in [-0.25, -0.2) is 4.39 Å². The third-order valence-electron chi connectivity index (χ3n) is 3.31. The molecule has 104 valence electrons. The van der Waals surface area contributed by atoms with E-state index in [0.29, 0.717) is 23.0 Å². The molecule has 2 N–H and O–H groups in total. The van der Waals surface area contributed by atoms with Crippen LogP contribution in [0.5, 0.6) is 0 Å². The van der Waals surface area contributed by atoms with E-state index < -0.39 is 6.04 Å². The van der Waals surface area contributed by atoms with Gasteiger partial charge in [-0.1, -0.05) is 25.4 Å². The Morgan fingerprint density at radius 3 is 2.84 bits per heavy atom. The van der Waals surface area contributed by atoms with Gasteiger partial charge in [0.25, 0.3) is 0 Å². The lowest BCUT2D eigenvalue weighted by Gasteiger charge is -2.29. The van der Waals surface area contributed by atoms with Crippen LogP contribution in [0.1, 0.15) is 31.9 Å². The second-order valence-electron chi connectivity index (χ2n) is 5.42. The fraction of sp³-hybridized carbons (Fsp3) is 0.500.